The molecule has 28 heavy (non-hydrogen) atoms. The van der Waals surface area contributed by atoms with Gasteiger partial charge in [0.2, 0.25) is 11.9 Å². The normalized spacial score (nSPS) is 11.0. The summed E-state index contributed by atoms with van der Waals surface area (Å²) in [6, 6.07) is 2.27. The Morgan fingerprint density at radius 3 is 2.64 bits per heavy atom. The Balaban J connectivity index is 2.14. The summed E-state index contributed by atoms with van der Waals surface area (Å²) < 4.78 is 30.8. The van der Waals surface area contributed by atoms with Crippen LogP contribution in [0.4, 0.5) is 20.7 Å². The van der Waals surface area contributed by atoms with Crippen LogP contribution < -0.4 is 21.3 Å². The highest BCUT2D eigenvalue weighted by Gasteiger charge is 2.20. The second kappa shape index (κ2) is 7.42. The van der Waals surface area contributed by atoms with Crippen molar-refractivity contribution in [2.45, 2.75) is 20.1 Å². The average Bonchev–Trinajstić information content (AvgIpc) is 2.64. The number of fused-ring (bicyclic) bond motifs is 1. The van der Waals surface area contributed by atoms with Gasteiger partial charge in [0.05, 0.1) is 10.9 Å². The van der Waals surface area contributed by atoms with Crippen LogP contribution in [-0.4, -0.2) is 37.1 Å². The zero-order valence-electron chi connectivity index (χ0n) is 14.4. The molecular formula is C16H14F2N6O4. The lowest BCUT2D eigenvalue weighted by Gasteiger charge is -2.15. The standard InChI is InChI=1S/C16H14F2N6O4/c1-2-24-13(27)8-3-4-9(25)11(28-14(17)18)10(8)22-16(24)23-12(26)7-5-20-15(19)21-6-7/h3-6,14,25H,2H2,1H3,(H2,19,20,21)(H,22,23,26). The Kier molecular flexibility index (Phi) is 5.02. The SMILES string of the molecule is CCn1c(NC(=O)c2cnc(N)nc2)nc2c(OC(F)F)c(O)ccc2c1=O. The van der Waals surface area contributed by atoms with Gasteiger partial charge < -0.3 is 15.6 Å². The van der Waals surface area contributed by atoms with Crippen LogP contribution in [-0.2, 0) is 6.54 Å². The number of nitrogens with zero attached hydrogens (tertiary/aromatic N) is 4. The van der Waals surface area contributed by atoms with E-state index in [0.29, 0.717) is 0 Å². The van der Waals surface area contributed by atoms with Crippen molar-refractivity contribution in [3.63, 3.8) is 0 Å². The van der Waals surface area contributed by atoms with Crippen molar-refractivity contribution in [3.8, 4) is 11.5 Å². The maximum Gasteiger partial charge on any atom is 0.387 e. The van der Waals surface area contributed by atoms with E-state index in [0.717, 1.165) is 10.6 Å². The molecule has 0 bridgehead atoms. The highest BCUT2D eigenvalue weighted by atomic mass is 19.3. The number of carbonyl (C=O) groups excluding carboxylic acids is 1. The second-order valence-electron chi connectivity index (χ2n) is 5.46. The van der Waals surface area contributed by atoms with Gasteiger partial charge >= 0.3 is 6.61 Å². The number of hydrogen-bond donors (Lipinski definition) is 3. The van der Waals surface area contributed by atoms with E-state index in [4.69, 9.17) is 5.73 Å². The van der Waals surface area contributed by atoms with Gasteiger partial charge in [-0.2, -0.15) is 8.78 Å². The Bertz CT molecular complexity index is 1100. The predicted octanol–water partition coefficient (Wildman–Crippen LogP) is 1.35. The first-order valence-corrected chi connectivity index (χ1v) is 7.92. The first kappa shape index (κ1) is 18.9. The number of aromatic hydroxyl groups is 1. The number of nitrogens with two attached hydrogens (primary N) is 1. The predicted molar refractivity (Wildman–Crippen MR) is 94.4 cm³/mol. The van der Waals surface area contributed by atoms with Gasteiger partial charge in [-0.25, -0.2) is 15.0 Å². The summed E-state index contributed by atoms with van der Waals surface area (Å²) in [6.45, 7) is -1.49. The largest absolute Gasteiger partial charge is 0.504 e. The van der Waals surface area contributed by atoms with Crippen molar-refractivity contribution in [3.05, 3.63) is 40.4 Å². The van der Waals surface area contributed by atoms with Crippen molar-refractivity contribution >= 4 is 28.7 Å². The molecule has 0 aliphatic heterocycles. The van der Waals surface area contributed by atoms with Gasteiger partial charge in [-0.05, 0) is 19.1 Å². The molecule has 2 heterocycles. The summed E-state index contributed by atoms with van der Waals surface area (Å²) in [7, 11) is 0. The van der Waals surface area contributed by atoms with Gasteiger partial charge in [0, 0.05) is 18.9 Å². The summed E-state index contributed by atoms with van der Waals surface area (Å²) in [6.07, 6.45) is 2.34. The fourth-order valence-electron chi connectivity index (χ4n) is 2.47. The first-order chi connectivity index (χ1) is 13.3. The molecule has 0 unspecified atom stereocenters. The quantitative estimate of drug-likeness (QED) is 0.590. The third-order valence-corrected chi connectivity index (χ3v) is 3.74. The third kappa shape index (κ3) is 3.51. The van der Waals surface area contributed by atoms with Crippen molar-refractivity contribution in [2.75, 3.05) is 11.1 Å². The molecular weight excluding hydrogens is 378 g/mol. The van der Waals surface area contributed by atoms with Gasteiger partial charge in [0.15, 0.2) is 11.5 Å². The van der Waals surface area contributed by atoms with Crippen LogP contribution in [0.2, 0.25) is 0 Å². The molecule has 146 valence electrons. The van der Waals surface area contributed by atoms with E-state index in [-0.39, 0.29) is 34.9 Å². The minimum Gasteiger partial charge on any atom is -0.504 e. The van der Waals surface area contributed by atoms with Gasteiger partial charge in [0.25, 0.3) is 11.5 Å². The van der Waals surface area contributed by atoms with E-state index in [1.165, 1.54) is 18.5 Å². The molecule has 0 saturated heterocycles. The number of ether oxygens (including phenoxy) is 1. The molecule has 1 amide bonds. The number of anilines is 2. The first-order valence-electron chi connectivity index (χ1n) is 7.92. The number of aromatic nitrogens is 4. The summed E-state index contributed by atoms with van der Waals surface area (Å²) in [4.78, 5) is 36.5. The van der Waals surface area contributed by atoms with Crippen molar-refractivity contribution in [1.82, 2.24) is 19.5 Å². The molecule has 0 saturated carbocycles. The van der Waals surface area contributed by atoms with Crippen LogP contribution in [0.1, 0.15) is 17.3 Å². The van der Waals surface area contributed by atoms with Gasteiger partial charge in [-0.1, -0.05) is 0 Å². The maximum absolute atomic E-state index is 12.7. The van der Waals surface area contributed by atoms with Crippen LogP contribution in [0.15, 0.2) is 29.3 Å². The van der Waals surface area contributed by atoms with E-state index in [2.05, 4.69) is 25.0 Å². The molecule has 0 fully saturated rings. The smallest absolute Gasteiger partial charge is 0.387 e. The second-order valence-corrected chi connectivity index (χ2v) is 5.46. The van der Waals surface area contributed by atoms with Gasteiger partial charge in [-0.15, -0.1) is 0 Å². The third-order valence-electron chi connectivity index (χ3n) is 3.74. The van der Waals surface area contributed by atoms with Crippen molar-refractivity contribution in [2.24, 2.45) is 0 Å². The molecule has 12 heteroatoms. The molecule has 3 aromatic rings. The molecule has 10 nitrogen and oxygen atoms in total. The zero-order chi connectivity index (χ0) is 20.4. The lowest BCUT2D eigenvalue weighted by molar-refractivity contribution is -0.0503. The number of nitrogens with one attached hydrogen (secondary N) is 1. The van der Waals surface area contributed by atoms with Crippen LogP contribution in [0.25, 0.3) is 10.9 Å². The average molecular weight is 392 g/mol. The molecule has 0 aliphatic rings. The number of halogens is 2. The number of phenols is 1. The summed E-state index contributed by atoms with van der Waals surface area (Å²) in [5.74, 6) is -2.26. The van der Waals surface area contributed by atoms with Crippen molar-refractivity contribution in [1.29, 1.82) is 0 Å². The minimum atomic E-state index is -3.25. The Labute approximate surface area is 155 Å². The Morgan fingerprint density at radius 1 is 1.36 bits per heavy atom. The summed E-state index contributed by atoms with van der Waals surface area (Å²) in [5, 5.41) is 12.2. The minimum absolute atomic E-state index is 0.0323. The number of benzene rings is 1. The van der Waals surface area contributed by atoms with E-state index in [1.54, 1.807) is 6.92 Å². The molecule has 0 atom stereocenters. The zero-order valence-corrected chi connectivity index (χ0v) is 14.4. The van der Waals surface area contributed by atoms with Crippen LogP contribution in [0.5, 0.6) is 11.5 Å². The van der Waals surface area contributed by atoms with Crippen LogP contribution >= 0.6 is 0 Å². The molecule has 0 spiro atoms. The fourth-order valence-corrected chi connectivity index (χ4v) is 2.47. The summed E-state index contributed by atoms with van der Waals surface area (Å²) >= 11 is 0. The topological polar surface area (TPSA) is 145 Å². The number of nitrogen functional groups attached to an aromatic ring is 1. The molecule has 0 radical (unpaired) electrons. The lowest BCUT2D eigenvalue weighted by Crippen LogP contribution is -2.27. The molecule has 2 aromatic heterocycles. The monoisotopic (exact) mass is 392 g/mol. The van der Waals surface area contributed by atoms with Gasteiger partial charge in [0.1, 0.15) is 5.52 Å². The van der Waals surface area contributed by atoms with Crippen molar-refractivity contribution < 1.29 is 23.4 Å². The molecule has 3 rings (SSSR count). The maximum atomic E-state index is 12.7. The molecule has 1 aromatic carbocycles. The van der Waals surface area contributed by atoms with E-state index >= 15 is 0 Å². The highest BCUT2D eigenvalue weighted by molar-refractivity contribution is 6.03. The van der Waals surface area contributed by atoms with Crippen LogP contribution in [0, 0.1) is 0 Å². The molecule has 4 N–H and O–H groups in total. The number of alkyl halides is 2. The Hall–Kier alpha value is -3.83. The number of carbonyl (C=O) groups is 1. The number of phenolic OH excluding ortho intramolecular Hbond substituents is 1. The molecule has 0 aliphatic carbocycles. The van der Waals surface area contributed by atoms with E-state index < -0.39 is 29.6 Å². The number of rotatable bonds is 5. The number of hydrogen-bond acceptors (Lipinski definition) is 8. The summed E-state index contributed by atoms with van der Waals surface area (Å²) in [5.41, 5.74) is 4.46. The van der Waals surface area contributed by atoms with Gasteiger partial charge in [-0.3, -0.25) is 19.5 Å². The fraction of sp³-hybridized carbons (Fsp3) is 0.188. The van der Waals surface area contributed by atoms with E-state index in [9.17, 15) is 23.5 Å². The van der Waals surface area contributed by atoms with Crippen LogP contribution in [0.3, 0.4) is 0 Å². The Morgan fingerprint density at radius 2 is 2.04 bits per heavy atom. The highest BCUT2D eigenvalue weighted by Crippen LogP contribution is 2.34. The lowest BCUT2D eigenvalue weighted by atomic mass is 10.2. The van der Waals surface area contributed by atoms with E-state index in [1.807, 2.05) is 0 Å². The number of amides is 1.